The maximum Gasteiger partial charge on any atom is 0.122 e. The van der Waals surface area contributed by atoms with Crippen LogP contribution in [-0.2, 0) is 0 Å². The molecule has 0 radical (unpaired) electrons. The van der Waals surface area contributed by atoms with Crippen LogP contribution in [0.2, 0.25) is 10.0 Å². The van der Waals surface area contributed by atoms with E-state index >= 15 is 0 Å². The summed E-state index contributed by atoms with van der Waals surface area (Å²) in [5.41, 5.74) is 6.47. The van der Waals surface area contributed by atoms with Crippen molar-refractivity contribution < 1.29 is 4.74 Å². The van der Waals surface area contributed by atoms with Gasteiger partial charge in [-0.05, 0) is 30.3 Å². The summed E-state index contributed by atoms with van der Waals surface area (Å²) in [7, 11) is 1.61. The van der Waals surface area contributed by atoms with Crippen LogP contribution in [0.4, 0.5) is 5.69 Å². The highest BCUT2D eigenvalue weighted by atomic mass is 35.5. The predicted molar refractivity (Wildman–Crippen MR) is 78.0 cm³/mol. The fourth-order valence-corrected chi connectivity index (χ4v) is 2.76. The van der Waals surface area contributed by atoms with Gasteiger partial charge in [-0.25, -0.2) is 0 Å². The molecule has 0 heterocycles. The average molecular weight is 300 g/mol. The van der Waals surface area contributed by atoms with Gasteiger partial charge in [0.2, 0.25) is 0 Å². The number of ether oxygens (including phenoxy) is 1. The third kappa shape index (κ3) is 3.25. The molecule has 0 unspecified atom stereocenters. The van der Waals surface area contributed by atoms with E-state index in [1.807, 2.05) is 24.3 Å². The summed E-state index contributed by atoms with van der Waals surface area (Å²) in [5, 5.41) is 1.09. The van der Waals surface area contributed by atoms with E-state index in [1.54, 1.807) is 31.0 Å². The van der Waals surface area contributed by atoms with E-state index in [0.717, 1.165) is 15.5 Å². The SMILES string of the molecule is COc1cc(N)cc(Sc2ccc(Cl)c(Cl)c2)c1. The van der Waals surface area contributed by atoms with E-state index < -0.39 is 0 Å². The van der Waals surface area contributed by atoms with Crippen LogP contribution in [0.1, 0.15) is 0 Å². The van der Waals surface area contributed by atoms with Gasteiger partial charge in [0.1, 0.15) is 5.75 Å². The Hall–Kier alpha value is -1.03. The summed E-state index contributed by atoms with van der Waals surface area (Å²) in [6, 6.07) is 11.1. The lowest BCUT2D eigenvalue weighted by Gasteiger charge is -2.07. The third-order valence-corrected chi connectivity index (χ3v) is 3.96. The van der Waals surface area contributed by atoms with Crippen LogP contribution in [-0.4, -0.2) is 7.11 Å². The van der Waals surface area contributed by atoms with Crippen LogP contribution in [0.25, 0.3) is 0 Å². The molecule has 0 aromatic heterocycles. The molecule has 5 heteroatoms. The van der Waals surface area contributed by atoms with Crippen molar-refractivity contribution in [3.05, 3.63) is 46.4 Å². The molecule has 2 aromatic carbocycles. The molecule has 94 valence electrons. The first-order valence-electron chi connectivity index (χ1n) is 5.16. The normalized spacial score (nSPS) is 10.4. The van der Waals surface area contributed by atoms with Gasteiger partial charge in [-0.15, -0.1) is 0 Å². The Morgan fingerprint density at radius 1 is 1.00 bits per heavy atom. The molecule has 0 aliphatic heterocycles. The first kappa shape index (κ1) is 13.4. The standard InChI is InChI=1S/C13H11Cl2NOS/c1-17-9-4-8(16)5-11(6-9)18-10-2-3-12(14)13(15)7-10/h2-7H,16H2,1H3. The smallest absolute Gasteiger partial charge is 0.122 e. The summed E-state index contributed by atoms with van der Waals surface area (Å²) >= 11 is 13.4. The lowest BCUT2D eigenvalue weighted by atomic mass is 10.3. The Balaban J connectivity index is 2.27. The zero-order chi connectivity index (χ0) is 13.1. The largest absolute Gasteiger partial charge is 0.497 e. The minimum atomic E-state index is 0.539. The maximum absolute atomic E-state index is 5.98. The zero-order valence-corrected chi connectivity index (χ0v) is 11.9. The minimum absolute atomic E-state index is 0.539. The molecule has 0 amide bonds. The highest BCUT2D eigenvalue weighted by Crippen LogP contribution is 2.35. The second-order valence-corrected chi connectivity index (χ2v) is 5.58. The fourth-order valence-electron chi connectivity index (χ4n) is 1.45. The summed E-state index contributed by atoms with van der Waals surface area (Å²) in [6.45, 7) is 0. The Bertz CT molecular complexity index is 575. The van der Waals surface area contributed by atoms with Gasteiger partial charge in [0.25, 0.3) is 0 Å². The molecule has 0 bridgehead atoms. The zero-order valence-electron chi connectivity index (χ0n) is 9.61. The molecule has 0 saturated heterocycles. The molecule has 0 fully saturated rings. The van der Waals surface area contributed by atoms with Crippen LogP contribution in [0.5, 0.6) is 5.75 Å². The highest BCUT2D eigenvalue weighted by molar-refractivity contribution is 7.99. The first-order valence-corrected chi connectivity index (χ1v) is 6.73. The quantitative estimate of drug-likeness (QED) is 0.832. The van der Waals surface area contributed by atoms with Crippen molar-refractivity contribution in [1.29, 1.82) is 0 Å². The molecule has 18 heavy (non-hydrogen) atoms. The van der Waals surface area contributed by atoms with Gasteiger partial charge in [-0.2, -0.15) is 0 Å². The Labute approximate surface area is 120 Å². The van der Waals surface area contributed by atoms with Crippen molar-refractivity contribution in [3.63, 3.8) is 0 Å². The number of rotatable bonds is 3. The molecule has 0 atom stereocenters. The lowest BCUT2D eigenvalue weighted by molar-refractivity contribution is 0.414. The average Bonchev–Trinajstić information content (AvgIpc) is 2.33. The molecule has 2 aromatic rings. The van der Waals surface area contributed by atoms with Gasteiger partial charge in [0.05, 0.1) is 17.2 Å². The predicted octanol–water partition coefficient (Wildman–Crippen LogP) is 4.74. The molecule has 2 rings (SSSR count). The van der Waals surface area contributed by atoms with Crippen LogP contribution < -0.4 is 10.5 Å². The second-order valence-electron chi connectivity index (χ2n) is 3.62. The van der Waals surface area contributed by atoms with Crippen LogP contribution >= 0.6 is 35.0 Å². The van der Waals surface area contributed by atoms with Crippen LogP contribution in [0.15, 0.2) is 46.2 Å². The Kier molecular flexibility index (Phi) is 4.27. The third-order valence-electron chi connectivity index (χ3n) is 2.26. The molecule has 0 saturated carbocycles. The number of nitrogens with two attached hydrogens (primary N) is 1. The van der Waals surface area contributed by atoms with Crippen molar-refractivity contribution >= 4 is 40.7 Å². The molecule has 2 N–H and O–H groups in total. The number of methoxy groups -OCH3 is 1. The molecule has 2 nitrogen and oxygen atoms in total. The number of hydrogen-bond donors (Lipinski definition) is 1. The van der Waals surface area contributed by atoms with E-state index in [0.29, 0.717) is 15.7 Å². The Morgan fingerprint density at radius 3 is 2.44 bits per heavy atom. The van der Waals surface area contributed by atoms with Gasteiger partial charge in [0.15, 0.2) is 0 Å². The van der Waals surface area contributed by atoms with Crippen molar-refractivity contribution in [2.24, 2.45) is 0 Å². The Morgan fingerprint density at radius 2 is 1.78 bits per heavy atom. The van der Waals surface area contributed by atoms with Crippen LogP contribution in [0.3, 0.4) is 0 Å². The first-order chi connectivity index (χ1) is 8.58. The molecular formula is C13H11Cl2NOS. The molecule has 0 aliphatic carbocycles. The van der Waals surface area contributed by atoms with E-state index in [1.165, 1.54) is 0 Å². The number of halogens is 2. The molecule has 0 aliphatic rings. The van der Waals surface area contributed by atoms with Gasteiger partial charge >= 0.3 is 0 Å². The van der Waals surface area contributed by atoms with Crippen molar-refractivity contribution in [2.45, 2.75) is 9.79 Å². The molecule has 0 spiro atoms. The second kappa shape index (κ2) is 5.74. The highest BCUT2D eigenvalue weighted by Gasteiger charge is 2.04. The van der Waals surface area contributed by atoms with Crippen LogP contribution in [0, 0.1) is 0 Å². The number of hydrogen-bond acceptors (Lipinski definition) is 3. The molecular weight excluding hydrogens is 289 g/mol. The number of nitrogen functional groups attached to an aromatic ring is 1. The van der Waals surface area contributed by atoms with Crippen molar-refractivity contribution in [3.8, 4) is 5.75 Å². The maximum atomic E-state index is 5.98. The van der Waals surface area contributed by atoms with Gasteiger partial charge < -0.3 is 10.5 Å². The van der Waals surface area contributed by atoms with Gasteiger partial charge in [-0.3, -0.25) is 0 Å². The number of benzene rings is 2. The van der Waals surface area contributed by atoms with E-state index in [4.69, 9.17) is 33.7 Å². The summed E-state index contributed by atoms with van der Waals surface area (Å²) in [5.74, 6) is 0.734. The minimum Gasteiger partial charge on any atom is -0.497 e. The summed E-state index contributed by atoms with van der Waals surface area (Å²) in [4.78, 5) is 1.99. The van der Waals surface area contributed by atoms with E-state index in [2.05, 4.69) is 0 Å². The van der Waals surface area contributed by atoms with E-state index in [9.17, 15) is 0 Å². The summed E-state index contributed by atoms with van der Waals surface area (Å²) in [6.07, 6.45) is 0. The monoisotopic (exact) mass is 299 g/mol. The lowest BCUT2D eigenvalue weighted by Crippen LogP contribution is -1.89. The fraction of sp³-hybridized carbons (Fsp3) is 0.0769. The van der Waals surface area contributed by atoms with Gasteiger partial charge in [-0.1, -0.05) is 35.0 Å². The van der Waals surface area contributed by atoms with Gasteiger partial charge in [0, 0.05) is 21.5 Å². The van der Waals surface area contributed by atoms with Crippen molar-refractivity contribution in [1.82, 2.24) is 0 Å². The topological polar surface area (TPSA) is 35.2 Å². The summed E-state index contributed by atoms with van der Waals surface area (Å²) < 4.78 is 5.18. The van der Waals surface area contributed by atoms with Crippen molar-refractivity contribution in [2.75, 3.05) is 12.8 Å². The van der Waals surface area contributed by atoms with E-state index in [-0.39, 0.29) is 0 Å². The number of anilines is 1.